The van der Waals surface area contributed by atoms with Gasteiger partial charge in [-0.1, -0.05) is 159 Å². The SMILES string of the molecule is CC1C=CC(c2c(Nc3ccc(C4N(C(=N)c5ccccc5)[N@@]4Cc4ccccc4)cc3)c3ccccc3c3c4ccccc4n(C4=CC=CC(C)C4)c23)=CC1. The van der Waals surface area contributed by atoms with Crippen LogP contribution in [0.15, 0.2) is 170 Å². The van der Waals surface area contributed by atoms with Gasteiger partial charge >= 0.3 is 0 Å². The van der Waals surface area contributed by atoms with Crippen LogP contribution in [0.1, 0.15) is 55.1 Å². The lowest BCUT2D eigenvalue weighted by atomic mass is 9.89. The number of hydrogen-bond donors (Lipinski definition) is 2. The highest BCUT2D eigenvalue weighted by Gasteiger charge is 2.48. The summed E-state index contributed by atoms with van der Waals surface area (Å²) in [5, 5.41) is 22.6. The molecule has 0 radical (unpaired) electrons. The Morgan fingerprint density at radius 1 is 0.732 bits per heavy atom. The summed E-state index contributed by atoms with van der Waals surface area (Å²) in [5.74, 6) is 1.47. The molecule has 0 spiro atoms. The molecule has 5 heteroatoms. The van der Waals surface area contributed by atoms with E-state index in [2.05, 4.69) is 173 Å². The summed E-state index contributed by atoms with van der Waals surface area (Å²) < 4.78 is 2.55. The molecule has 1 aromatic heterocycles. The van der Waals surface area contributed by atoms with E-state index in [4.69, 9.17) is 0 Å². The van der Waals surface area contributed by atoms with E-state index in [1.165, 1.54) is 55.0 Å². The molecule has 0 bridgehead atoms. The van der Waals surface area contributed by atoms with Gasteiger partial charge in [0.25, 0.3) is 0 Å². The van der Waals surface area contributed by atoms with Crippen LogP contribution >= 0.6 is 0 Å². The van der Waals surface area contributed by atoms with E-state index < -0.39 is 0 Å². The maximum atomic E-state index is 9.18. The average Bonchev–Trinajstić information content (AvgIpc) is 3.84. The molecule has 3 unspecified atom stereocenters. The highest BCUT2D eigenvalue weighted by molar-refractivity contribution is 6.28. The van der Waals surface area contributed by atoms with E-state index in [0.29, 0.717) is 17.7 Å². The van der Waals surface area contributed by atoms with Crippen LogP contribution in [0.3, 0.4) is 0 Å². The van der Waals surface area contributed by atoms with Crippen LogP contribution in [-0.2, 0) is 6.54 Å². The number of hydrogen-bond acceptors (Lipinski definition) is 3. The van der Waals surface area contributed by atoms with Crippen LogP contribution in [0.5, 0.6) is 0 Å². The fourth-order valence-electron chi connectivity index (χ4n) is 8.85. The molecule has 274 valence electrons. The van der Waals surface area contributed by atoms with Gasteiger partial charge in [-0.3, -0.25) is 10.4 Å². The van der Waals surface area contributed by atoms with Crippen molar-refractivity contribution in [2.45, 2.75) is 39.4 Å². The minimum absolute atomic E-state index is 0.0276. The zero-order chi connectivity index (χ0) is 37.8. The molecule has 6 aromatic carbocycles. The van der Waals surface area contributed by atoms with Crippen LogP contribution < -0.4 is 5.32 Å². The predicted molar refractivity (Wildman–Crippen MR) is 235 cm³/mol. The number of nitrogens with zero attached hydrogens (tertiary/aromatic N) is 3. The van der Waals surface area contributed by atoms with Gasteiger partial charge in [-0.2, -0.15) is 5.01 Å². The second-order valence-corrected chi connectivity index (χ2v) is 15.6. The molecule has 1 aliphatic heterocycles. The molecule has 56 heavy (non-hydrogen) atoms. The second-order valence-electron chi connectivity index (χ2n) is 15.6. The Bertz CT molecular complexity index is 2750. The Hall–Kier alpha value is -6.43. The van der Waals surface area contributed by atoms with Crippen molar-refractivity contribution in [2.24, 2.45) is 11.8 Å². The van der Waals surface area contributed by atoms with Gasteiger partial charge in [0.15, 0.2) is 0 Å². The molecule has 2 N–H and O–H groups in total. The minimum Gasteiger partial charge on any atom is -0.354 e. The lowest BCUT2D eigenvalue weighted by Crippen LogP contribution is -2.16. The van der Waals surface area contributed by atoms with E-state index in [-0.39, 0.29) is 6.17 Å². The summed E-state index contributed by atoms with van der Waals surface area (Å²) in [6.07, 6.45) is 16.0. The van der Waals surface area contributed by atoms with E-state index in [1.54, 1.807) is 0 Å². The van der Waals surface area contributed by atoms with Crippen LogP contribution in [-0.4, -0.2) is 20.4 Å². The van der Waals surface area contributed by atoms with Crippen molar-refractivity contribution in [3.05, 3.63) is 192 Å². The number of benzene rings is 6. The number of allylic oxidation sites excluding steroid dienone is 8. The van der Waals surface area contributed by atoms with E-state index in [9.17, 15) is 5.41 Å². The normalized spacial score (nSPS) is 20.4. The van der Waals surface area contributed by atoms with Crippen LogP contribution in [0.25, 0.3) is 43.8 Å². The number of para-hydroxylation sites is 1. The monoisotopic (exact) mass is 727 g/mol. The van der Waals surface area contributed by atoms with Gasteiger partial charge in [-0.25, -0.2) is 0 Å². The Kier molecular flexibility index (Phi) is 8.53. The van der Waals surface area contributed by atoms with Crippen molar-refractivity contribution < 1.29 is 0 Å². The molecule has 10 rings (SSSR count). The fourth-order valence-corrected chi connectivity index (χ4v) is 8.85. The first-order valence-corrected chi connectivity index (χ1v) is 19.9. The zero-order valence-corrected chi connectivity index (χ0v) is 31.9. The number of anilines is 2. The van der Waals surface area contributed by atoms with Crippen LogP contribution in [0.4, 0.5) is 11.4 Å². The number of amidine groups is 1. The molecule has 0 saturated carbocycles. The summed E-state index contributed by atoms with van der Waals surface area (Å²) in [4.78, 5) is 0. The number of fused-ring (bicyclic) bond motifs is 5. The number of hydrazine groups is 1. The summed E-state index contributed by atoms with van der Waals surface area (Å²) in [6, 6.07) is 47.3. The van der Waals surface area contributed by atoms with Gasteiger partial charge in [0.05, 0.1) is 16.7 Å². The molecule has 2 aliphatic carbocycles. The van der Waals surface area contributed by atoms with Crippen molar-refractivity contribution >= 4 is 61.1 Å². The molecule has 3 aliphatic rings. The minimum atomic E-state index is -0.0276. The van der Waals surface area contributed by atoms with Gasteiger partial charge < -0.3 is 9.88 Å². The van der Waals surface area contributed by atoms with Gasteiger partial charge in [-0.05, 0) is 71.0 Å². The number of aromatic nitrogens is 1. The van der Waals surface area contributed by atoms with Gasteiger partial charge in [0, 0.05) is 45.2 Å². The summed E-state index contributed by atoms with van der Waals surface area (Å²) in [5.41, 5.74) is 11.8. The Labute approximate surface area is 328 Å². The Morgan fingerprint density at radius 2 is 1.43 bits per heavy atom. The van der Waals surface area contributed by atoms with Crippen molar-refractivity contribution in [3.8, 4) is 0 Å². The first kappa shape index (κ1) is 34.1. The van der Waals surface area contributed by atoms with Gasteiger partial charge in [0.1, 0.15) is 12.0 Å². The average molecular weight is 728 g/mol. The fraction of sp³-hybridized carbons (Fsp3) is 0.157. The largest absolute Gasteiger partial charge is 0.354 e. The standard InChI is InChI=1S/C51H45N5/c1-34-24-26-37(27-25-34)46-48(43-21-10-9-20-42(43)47-44-22-11-12-23-45(44)55(49(46)47)41-19-13-14-35(2)32-41)53-40-30-28-39(29-31-40)51-54(33-36-15-5-3-6-16-36)56(51)50(52)38-17-7-4-8-18-38/h3-24,26-31,34-35,51-53H,25,32-33H2,1-2H3/t34?,35?,51?,54-,56?/m0/s1. The molecule has 2 heterocycles. The quantitative estimate of drug-likeness (QED) is 0.0931. The third kappa shape index (κ3) is 5.96. The van der Waals surface area contributed by atoms with Crippen molar-refractivity contribution in [3.63, 3.8) is 0 Å². The molecule has 0 amide bonds. The highest BCUT2D eigenvalue weighted by Crippen LogP contribution is 2.49. The second kappa shape index (κ2) is 14.0. The van der Waals surface area contributed by atoms with E-state index in [1.807, 2.05) is 30.3 Å². The van der Waals surface area contributed by atoms with Crippen LogP contribution in [0.2, 0.25) is 0 Å². The predicted octanol–water partition coefficient (Wildman–Crippen LogP) is 12.9. The maximum Gasteiger partial charge on any atom is 0.144 e. The summed E-state index contributed by atoms with van der Waals surface area (Å²) in [6.45, 7) is 5.34. The first-order chi connectivity index (χ1) is 27.5. The number of rotatable bonds is 8. The summed E-state index contributed by atoms with van der Waals surface area (Å²) >= 11 is 0. The molecule has 4 atom stereocenters. The van der Waals surface area contributed by atoms with Crippen LogP contribution in [0, 0.1) is 17.2 Å². The van der Waals surface area contributed by atoms with E-state index >= 15 is 0 Å². The highest BCUT2D eigenvalue weighted by atomic mass is 15.9. The number of nitrogens with one attached hydrogen (secondary N) is 2. The Balaban J connectivity index is 1.11. The third-order valence-corrected chi connectivity index (χ3v) is 11.7. The maximum absolute atomic E-state index is 9.18. The first-order valence-electron chi connectivity index (χ1n) is 19.9. The lowest BCUT2D eigenvalue weighted by Gasteiger charge is -2.24. The van der Waals surface area contributed by atoms with Gasteiger partial charge in [0.2, 0.25) is 0 Å². The van der Waals surface area contributed by atoms with Gasteiger partial charge in [-0.15, -0.1) is 0 Å². The van der Waals surface area contributed by atoms with E-state index in [0.717, 1.165) is 41.9 Å². The molecule has 7 aromatic rings. The van der Waals surface area contributed by atoms with Crippen molar-refractivity contribution in [2.75, 3.05) is 5.32 Å². The molecule has 5 nitrogen and oxygen atoms in total. The van der Waals surface area contributed by atoms with Crippen molar-refractivity contribution in [1.82, 2.24) is 14.6 Å². The summed E-state index contributed by atoms with van der Waals surface area (Å²) in [7, 11) is 0. The smallest absolute Gasteiger partial charge is 0.144 e. The molecule has 1 fully saturated rings. The molecule has 1 saturated heterocycles. The molecular formula is C51H45N5. The molecular weight excluding hydrogens is 683 g/mol. The lowest BCUT2D eigenvalue weighted by molar-refractivity contribution is 0.391. The zero-order valence-electron chi connectivity index (χ0n) is 31.9. The third-order valence-electron chi connectivity index (χ3n) is 11.7. The Morgan fingerprint density at radius 3 is 2.16 bits per heavy atom. The van der Waals surface area contributed by atoms with Crippen molar-refractivity contribution in [1.29, 1.82) is 5.41 Å². The topological polar surface area (TPSA) is 46.8 Å².